The van der Waals surface area contributed by atoms with E-state index in [4.69, 9.17) is 9.47 Å². The fourth-order valence-electron chi connectivity index (χ4n) is 2.01. The summed E-state index contributed by atoms with van der Waals surface area (Å²) in [5.41, 5.74) is 0. The van der Waals surface area contributed by atoms with Crippen LogP contribution in [0.2, 0.25) is 0 Å². The first-order valence-corrected chi connectivity index (χ1v) is 8.19. The van der Waals surface area contributed by atoms with Gasteiger partial charge in [-0.3, -0.25) is 4.79 Å². The molecule has 0 heterocycles. The van der Waals surface area contributed by atoms with Gasteiger partial charge in [0.05, 0.1) is 18.8 Å². The molecule has 0 saturated carbocycles. The first-order chi connectivity index (χ1) is 9.08. The summed E-state index contributed by atoms with van der Waals surface area (Å²) in [6, 6.07) is 0. The second-order valence-corrected chi connectivity index (χ2v) is 5.65. The molecule has 0 unspecified atom stereocenters. The minimum Gasteiger partial charge on any atom is -0.497 e. The number of halogens is 1. The van der Waals surface area contributed by atoms with Gasteiger partial charge in [-0.25, -0.2) is 0 Å². The van der Waals surface area contributed by atoms with E-state index in [2.05, 4.69) is 29.8 Å². The predicted molar refractivity (Wildman–Crippen MR) is 82.3 cm³/mol. The Morgan fingerprint density at radius 3 is 2.47 bits per heavy atom. The summed E-state index contributed by atoms with van der Waals surface area (Å²) in [6.07, 6.45) is 6.26. The highest BCUT2D eigenvalue weighted by atomic mass is 79.9. The molecule has 0 aromatic heterocycles. The summed E-state index contributed by atoms with van der Waals surface area (Å²) >= 11 is 3.42. The molecule has 0 N–H and O–H groups in total. The van der Waals surface area contributed by atoms with Gasteiger partial charge in [-0.2, -0.15) is 0 Å². The van der Waals surface area contributed by atoms with Crippen molar-refractivity contribution in [2.75, 3.05) is 11.9 Å². The number of rotatable bonds is 10. The Morgan fingerprint density at radius 2 is 2.00 bits per heavy atom. The number of hydrogen-bond acceptors (Lipinski definition) is 3. The van der Waals surface area contributed by atoms with Crippen molar-refractivity contribution in [1.82, 2.24) is 0 Å². The Balaban J connectivity index is 4.76. The van der Waals surface area contributed by atoms with Gasteiger partial charge in [0.15, 0.2) is 0 Å². The van der Waals surface area contributed by atoms with Crippen molar-refractivity contribution in [2.24, 2.45) is 11.8 Å². The van der Waals surface area contributed by atoms with Crippen LogP contribution in [0.1, 0.15) is 47.0 Å². The lowest BCUT2D eigenvalue weighted by Crippen LogP contribution is -2.35. The molecule has 19 heavy (non-hydrogen) atoms. The van der Waals surface area contributed by atoms with E-state index < -0.39 is 0 Å². The Morgan fingerprint density at radius 1 is 1.32 bits per heavy atom. The van der Waals surface area contributed by atoms with Gasteiger partial charge in [-0.15, -0.1) is 0 Å². The lowest BCUT2D eigenvalue weighted by Gasteiger charge is -2.28. The quantitative estimate of drug-likeness (QED) is 0.258. The standard InChI is InChI=1S/C15H27BrO3/c1-5-11-19-14(12(3)4)13(9-7-8-10-16)15(17)18-6-2/h5,11-14H,6-10H2,1-4H3/b11-5-/t13-,14+/m1/s1. The Bertz CT molecular complexity index is 264. The minimum absolute atomic E-state index is 0.120. The largest absolute Gasteiger partial charge is 0.497 e. The third kappa shape index (κ3) is 7.61. The summed E-state index contributed by atoms with van der Waals surface area (Å²) < 4.78 is 10.9. The van der Waals surface area contributed by atoms with Crippen molar-refractivity contribution in [1.29, 1.82) is 0 Å². The third-order valence-electron chi connectivity index (χ3n) is 2.91. The maximum Gasteiger partial charge on any atom is 0.312 e. The molecule has 4 heteroatoms. The van der Waals surface area contributed by atoms with Gasteiger partial charge in [0.25, 0.3) is 0 Å². The Hall–Kier alpha value is -0.510. The highest BCUT2D eigenvalue weighted by Crippen LogP contribution is 2.24. The molecule has 0 rings (SSSR count). The normalized spacial score (nSPS) is 14.6. The van der Waals surface area contributed by atoms with Crippen molar-refractivity contribution >= 4 is 21.9 Å². The van der Waals surface area contributed by atoms with Crippen LogP contribution in [0.3, 0.4) is 0 Å². The SMILES string of the molecule is C/C=C\O[C@@H](C(C)C)[C@@H](CCCCBr)C(=O)OCC. The Labute approximate surface area is 125 Å². The first-order valence-electron chi connectivity index (χ1n) is 7.07. The number of alkyl halides is 1. The van der Waals surface area contributed by atoms with E-state index in [9.17, 15) is 4.79 Å². The number of allylic oxidation sites excluding steroid dienone is 1. The van der Waals surface area contributed by atoms with Gasteiger partial charge in [0.1, 0.15) is 6.10 Å². The van der Waals surface area contributed by atoms with Crippen molar-refractivity contribution in [3.05, 3.63) is 12.3 Å². The van der Waals surface area contributed by atoms with E-state index in [0.29, 0.717) is 6.61 Å². The van der Waals surface area contributed by atoms with Crippen molar-refractivity contribution in [2.45, 2.75) is 53.1 Å². The van der Waals surface area contributed by atoms with Crippen LogP contribution >= 0.6 is 15.9 Å². The molecule has 0 fully saturated rings. The van der Waals surface area contributed by atoms with Crippen molar-refractivity contribution in [3.8, 4) is 0 Å². The maximum absolute atomic E-state index is 12.1. The zero-order chi connectivity index (χ0) is 14.7. The minimum atomic E-state index is -0.185. The van der Waals surface area contributed by atoms with Gasteiger partial charge in [0, 0.05) is 5.33 Å². The molecule has 0 aliphatic rings. The van der Waals surface area contributed by atoms with Gasteiger partial charge in [0.2, 0.25) is 0 Å². The Kier molecular flexibility index (Phi) is 11.0. The molecule has 0 aromatic carbocycles. The molecule has 0 bridgehead atoms. The van der Waals surface area contributed by atoms with Gasteiger partial charge in [-0.1, -0.05) is 42.3 Å². The molecule has 3 nitrogen and oxygen atoms in total. The smallest absolute Gasteiger partial charge is 0.312 e. The highest BCUT2D eigenvalue weighted by molar-refractivity contribution is 9.09. The molecule has 0 radical (unpaired) electrons. The maximum atomic E-state index is 12.1. The van der Waals surface area contributed by atoms with Crippen molar-refractivity contribution < 1.29 is 14.3 Å². The van der Waals surface area contributed by atoms with Crippen molar-refractivity contribution in [3.63, 3.8) is 0 Å². The lowest BCUT2D eigenvalue weighted by molar-refractivity contribution is -0.154. The van der Waals surface area contributed by atoms with E-state index in [-0.39, 0.29) is 23.9 Å². The van der Waals surface area contributed by atoms with Crippen LogP contribution in [0.15, 0.2) is 12.3 Å². The lowest BCUT2D eigenvalue weighted by atomic mass is 9.89. The first kappa shape index (κ1) is 18.5. The van der Waals surface area contributed by atoms with E-state index >= 15 is 0 Å². The molecule has 2 atom stereocenters. The van der Waals surface area contributed by atoms with Crippen LogP contribution < -0.4 is 0 Å². The van der Waals surface area contributed by atoms with Gasteiger partial charge < -0.3 is 9.47 Å². The fourth-order valence-corrected chi connectivity index (χ4v) is 2.41. The average Bonchev–Trinajstić information content (AvgIpc) is 2.37. The summed E-state index contributed by atoms with van der Waals surface area (Å²) in [7, 11) is 0. The number of unbranched alkanes of at least 4 members (excludes halogenated alkanes) is 1. The second kappa shape index (κ2) is 11.3. The second-order valence-electron chi connectivity index (χ2n) is 4.86. The van der Waals surface area contributed by atoms with Crippen LogP contribution in [0.5, 0.6) is 0 Å². The van der Waals surface area contributed by atoms with Crippen LogP contribution in [0.4, 0.5) is 0 Å². The number of carbonyl (C=O) groups excluding carboxylic acids is 1. The molecule has 0 aliphatic heterocycles. The number of carbonyl (C=O) groups is 1. The number of hydrogen-bond donors (Lipinski definition) is 0. The summed E-state index contributed by atoms with van der Waals surface area (Å²) in [6.45, 7) is 8.31. The summed E-state index contributed by atoms with van der Waals surface area (Å²) in [4.78, 5) is 12.1. The highest BCUT2D eigenvalue weighted by Gasteiger charge is 2.32. The molecular formula is C15H27BrO3. The molecule has 0 spiro atoms. The van der Waals surface area contributed by atoms with E-state index in [1.54, 1.807) is 6.26 Å². The van der Waals surface area contributed by atoms with E-state index in [0.717, 1.165) is 24.6 Å². The number of esters is 1. The molecule has 112 valence electrons. The zero-order valence-electron chi connectivity index (χ0n) is 12.5. The van der Waals surface area contributed by atoms with Gasteiger partial charge in [-0.05, 0) is 32.6 Å². The zero-order valence-corrected chi connectivity index (χ0v) is 14.1. The van der Waals surface area contributed by atoms with Crippen LogP contribution in [0.25, 0.3) is 0 Å². The third-order valence-corrected chi connectivity index (χ3v) is 3.47. The van der Waals surface area contributed by atoms with Crippen LogP contribution in [-0.4, -0.2) is 24.0 Å². The molecular weight excluding hydrogens is 308 g/mol. The topological polar surface area (TPSA) is 35.5 Å². The summed E-state index contributed by atoms with van der Waals surface area (Å²) in [5.74, 6) is -0.0509. The van der Waals surface area contributed by atoms with E-state index in [1.165, 1.54) is 0 Å². The summed E-state index contributed by atoms with van der Waals surface area (Å²) in [5, 5.41) is 0.963. The molecule has 0 aromatic rings. The van der Waals surface area contributed by atoms with Crippen LogP contribution in [-0.2, 0) is 14.3 Å². The number of ether oxygens (including phenoxy) is 2. The van der Waals surface area contributed by atoms with E-state index in [1.807, 2.05) is 19.9 Å². The molecule has 0 saturated heterocycles. The van der Waals surface area contributed by atoms with Crippen LogP contribution in [0, 0.1) is 11.8 Å². The molecule has 0 aliphatic carbocycles. The molecule has 0 amide bonds. The predicted octanol–water partition coefficient (Wildman–Crippen LogP) is 4.31. The fraction of sp³-hybridized carbons (Fsp3) is 0.800. The average molecular weight is 335 g/mol. The monoisotopic (exact) mass is 334 g/mol. The van der Waals surface area contributed by atoms with Gasteiger partial charge >= 0.3 is 5.97 Å².